The fourth-order valence-electron chi connectivity index (χ4n) is 1.47. The molecule has 1 unspecified atom stereocenters. The van der Waals surface area contributed by atoms with Crippen LogP contribution >= 0.6 is 0 Å². The fourth-order valence-corrected chi connectivity index (χ4v) is 1.47. The standard InChI is InChI=1S/C11H18N2O2/c1-8-4-5-10(15-8)6-9(7-12)11(14)13(2)3/h4-5,9H,6-7,12H2,1-3H3. The van der Waals surface area contributed by atoms with Gasteiger partial charge >= 0.3 is 0 Å². The highest BCUT2D eigenvalue weighted by atomic mass is 16.3. The first kappa shape index (κ1) is 11.8. The molecule has 0 aliphatic heterocycles. The Hall–Kier alpha value is -1.29. The van der Waals surface area contributed by atoms with E-state index in [1.54, 1.807) is 19.0 Å². The molecule has 0 aliphatic rings. The first-order valence-electron chi connectivity index (χ1n) is 5.01. The minimum atomic E-state index is -0.189. The molecule has 1 heterocycles. The van der Waals surface area contributed by atoms with Gasteiger partial charge in [0, 0.05) is 27.1 Å². The van der Waals surface area contributed by atoms with Gasteiger partial charge in [0.05, 0.1) is 5.92 Å². The number of furan rings is 1. The molecule has 1 aromatic rings. The molecule has 84 valence electrons. The van der Waals surface area contributed by atoms with Gasteiger partial charge in [-0.15, -0.1) is 0 Å². The minimum absolute atomic E-state index is 0.0477. The van der Waals surface area contributed by atoms with Crippen LogP contribution in [0, 0.1) is 12.8 Å². The zero-order chi connectivity index (χ0) is 11.4. The van der Waals surface area contributed by atoms with Gasteiger partial charge in [-0.1, -0.05) is 0 Å². The van der Waals surface area contributed by atoms with Crippen molar-refractivity contribution in [3.63, 3.8) is 0 Å². The van der Waals surface area contributed by atoms with E-state index in [0.29, 0.717) is 13.0 Å². The summed E-state index contributed by atoms with van der Waals surface area (Å²) in [5, 5.41) is 0. The molecule has 0 saturated heterocycles. The van der Waals surface area contributed by atoms with Crippen LogP contribution < -0.4 is 5.73 Å². The van der Waals surface area contributed by atoms with Crippen molar-refractivity contribution in [2.24, 2.45) is 11.7 Å². The molecule has 2 N–H and O–H groups in total. The van der Waals surface area contributed by atoms with Crippen LogP contribution in [0.3, 0.4) is 0 Å². The summed E-state index contributed by atoms with van der Waals surface area (Å²) in [5.74, 6) is 1.54. The third kappa shape index (κ3) is 3.09. The quantitative estimate of drug-likeness (QED) is 0.799. The van der Waals surface area contributed by atoms with Crippen LogP contribution in [0.15, 0.2) is 16.5 Å². The van der Waals surface area contributed by atoms with Crippen molar-refractivity contribution in [3.8, 4) is 0 Å². The molecule has 0 aromatic carbocycles. The number of nitrogens with zero attached hydrogens (tertiary/aromatic N) is 1. The Kier molecular flexibility index (Phi) is 3.91. The van der Waals surface area contributed by atoms with Gasteiger partial charge < -0.3 is 15.1 Å². The van der Waals surface area contributed by atoms with E-state index in [-0.39, 0.29) is 11.8 Å². The zero-order valence-corrected chi connectivity index (χ0v) is 9.49. The van der Waals surface area contributed by atoms with Crippen LogP contribution in [0.1, 0.15) is 11.5 Å². The minimum Gasteiger partial charge on any atom is -0.466 e. The molecule has 15 heavy (non-hydrogen) atoms. The van der Waals surface area contributed by atoms with Crippen molar-refractivity contribution in [2.75, 3.05) is 20.6 Å². The summed E-state index contributed by atoms with van der Waals surface area (Å²) >= 11 is 0. The average Bonchev–Trinajstić information content (AvgIpc) is 2.59. The first-order valence-corrected chi connectivity index (χ1v) is 5.01. The van der Waals surface area contributed by atoms with E-state index in [1.165, 1.54) is 0 Å². The summed E-state index contributed by atoms with van der Waals surface area (Å²) in [6.45, 7) is 2.23. The van der Waals surface area contributed by atoms with Crippen molar-refractivity contribution in [3.05, 3.63) is 23.7 Å². The summed E-state index contributed by atoms with van der Waals surface area (Å²) in [4.78, 5) is 13.3. The molecule has 0 saturated carbocycles. The van der Waals surface area contributed by atoms with Gasteiger partial charge in [-0.25, -0.2) is 0 Å². The van der Waals surface area contributed by atoms with Gasteiger partial charge in [0.25, 0.3) is 0 Å². The maximum Gasteiger partial charge on any atom is 0.226 e. The summed E-state index contributed by atoms with van der Waals surface area (Å²) in [7, 11) is 3.47. The zero-order valence-electron chi connectivity index (χ0n) is 9.49. The number of hydrogen-bond acceptors (Lipinski definition) is 3. The van der Waals surface area contributed by atoms with E-state index in [0.717, 1.165) is 11.5 Å². The molecular formula is C11H18N2O2. The molecule has 1 amide bonds. The fraction of sp³-hybridized carbons (Fsp3) is 0.545. The second-order valence-electron chi connectivity index (χ2n) is 3.88. The van der Waals surface area contributed by atoms with E-state index in [1.807, 2.05) is 19.1 Å². The molecule has 1 rings (SSSR count). The highest BCUT2D eigenvalue weighted by Gasteiger charge is 2.20. The molecule has 0 fully saturated rings. The lowest BCUT2D eigenvalue weighted by atomic mass is 10.0. The average molecular weight is 210 g/mol. The van der Waals surface area contributed by atoms with E-state index in [9.17, 15) is 4.79 Å². The van der Waals surface area contributed by atoms with Crippen molar-refractivity contribution in [2.45, 2.75) is 13.3 Å². The van der Waals surface area contributed by atoms with Gasteiger partial charge in [-0.05, 0) is 19.1 Å². The van der Waals surface area contributed by atoms with Crippen molar-refractivity contribution >= 4 is 5.91 Å². The van der Waals surface area contributed by atoms with Crippen molar-refractivity contribution in [1.82, 2.24) is 4.90 Å². The third-order valence-corrected chi connectivity index (χ3v) is 2.32. The predicted molar refractivity (Wildman–Crippen MR) is 58.4 cm³/mol. The lowest BCUT2D eigenvalue weighted by molar-refractivity contribution is -0.132. The summed E-state index contributed by atoms with van der Waals surface area (Å²) in [6, 6.07) is 3.78. The summed E-state index contributed by atoms with van der Waals surface area (Å²) < 4.78 is 5.42. The number of carbonyl (C=O) groups excluding carboxylic acids is 1. The number of carbonyl (C=O) groups is 1. The van der Waals surface area contributed by atoms with Gasteiger partial charge in [0.1, 0.15) is 11.5 Å². The van der Waals surface area contributed by atoms with Crippen LogP contribution in [-0.2, 0) is 11.2 Å². The van der Waals surface area contributed by atoms with E-state index in [4.69, 9.17) is 10.2 Å². The summed E-state index contributed by atoms with van der Waals surface area (Å²) in [6.07, 6.45) is 0.571. The number of rotatable bonds is 4. The normalized spacial score (nSPS) is 12.5. The largest absolute Gasteiger partial charge is 0.466 e. The monoisotopic (exact) mass is 210 g/mol. The van der Waals surface area contributed by atoms with E-state index in [2.05, 4.69) is 0 Å². The SMILES string of the molecule is Cc1ccc(CC(CN)C(=O)N(C)C)o1. The molecule has 1 atom stereocenters. The molecule has 4 nitrogen and oxygen atoms in total. The Morgan fingerprint density at radius 3 is 2.60 bits per heavy atom. The van der Waals surface area contributed by atoms with Gasteiger partial charge in [0.2, 0.25) is 5.91 Å². The topological polar surface area (TPSA) is 59.5 Å². The molecule has 0 bridgehead atoms. The number of amides is 1. The van der Waals surface area contributed by atoms with Crippen LogP contribution in [0.2, 0.25) is 0 Å². The highest BCUT2D eigenvalue weighted by Crippen LogP contribution is 2.13. The van der Waals surface area contributed by atoms with Crippen molar-refractivity contribution in [1.29, 1.82) is 0 Å². The molecule has 1 aromatic heterocycles. The number of hydrogen-bond donors (Lipinski definition) is 1. The van der Waals surface area contributed by atoms with Crippen LogP contribution in [0.25, 0.3) is 0 Å². The number of nitrogens with two attached hydrogens (primary N) is 1. The maximum absolute atomic E-state index is 11.7. The first-order chi connectivity index (χ1) is 7.04. The van der Waals surface area contributed by atoms with Crippen LogP contribution in [0.5, 0.6) is 0 Å². The second kappa shape index (κ2) is 4.98. The number of aryl methyl sites for hydroxylation is 1. The Morgan fingerprint density at radius 1 is 1.53 bits per heavy atom. The molecule has 4 heteroatoms. The lowest BCUT2D eigenvalue weighted by Crippen LogP contribution is -2.35. The second-order valence-corrected chi connectivity index (χ2v) is 3.88. The van der Waals surface area contributed by atoms with Crippen LogP contribution in [-0.4, -0.2) is 31.4 Å². The third-order valence-electron chi connectivity index (χ3n) is 2.32. The summed E-state index contributed by atoms with van der Waals surface area (Å²) in [5.41, 5.74) is 5.58. The van der Waals surface area contributed by atoms with Gasteiger partial charge in [-0.2, -0.15) is 0 Å². The molecule has 0 radical (unpaired) electrons. The Balaban J connectivity index is 2.65. The molecule has 0 spiro atoms. The Bertz CT molecular complexity index is 331. The Morgan fingerprint density at radius 2 is 2.20 bits per heavy atom. The van der Waals surface area contributed by atoms with E-state index >= 15 is 0 Å². The van der Waals surface area contributed by atoms with Gasteiger partial charge in [-0.3, -0.25) is 4.79 Å². The van der Waals surface area contributed by atoms with E-state index < -0.39 is 0 Å². The van der Waals surface area contributed by atoms with Crippen LogP contribution in [0.4, 0.5) is 0 Å². The maximum atomic E-state index is 11.7. The Labute approximate surface area is 90.0 Å². The van der Waals surface area contributed by atoms with Crippen molar-refractivity contribution < 1.29 is 9.21 Å². The lowest BCUT2D eigenvalue weighted by Gasteiger charge is -2.17. The van der Waals surface area contributed by atoms with Gasteiger partial charge in [0.15, 0.2) is 0 Å². The predicted octanol–water partition coefficient (Wildman–Crippen LogP) is 0.794. The highest BCUT2D eigenvalue weighted by molar-refractivity contribution is 5.78. The molecular weight excluding hydrogens is 192 g/mol. The molecule has 0 aliphatic carbocycles. The smallest absolute Gasteiger partial charge is 0.226 e.